The fourth-order valence-corrected chi connectivity index (χ4v) is 6.17. The van der Waals surface area contributed by atoms with Gasteiger partial charge in [-0.15, -0.1) is 10.2 Å². The highest BCUT2D eigenvalue weighted by Crippen LogP contribution is 2.42. The molecule has 1 saturated carbocycles. The number of rotatable bonds is 12. The van der Waals surface area contributed by atoms with E-state index in [2.05, 4.69) is 59.7 Å². The molecule has 3 aromatic heterocycles. The normalized spacial score (nSPS) is 25.1. The molecule has 2 fully saturated rings. The average molecular weight is 718 g/mol. The number of nitrogens with two attached hydrogens (primary N) is 1. The second-order valence-corrected chi connectivity index (χ2v) is 11.9. The number of carbonyl (C=O) groups is 2. The zero-order chi connectivity index (χ0) is 30.6. The summed E-state index contributed by atoms with van der Waals surface area (Å²) in [6.07, 6.45) is 1.05. The van der Waals surface area contributed by atoms with Crippen molar-refractivity contribution in [2.45, 2.75) is 82.3 Å². The summed E-state index contributed by atoms with van der Waals surface area (Å²) < 4.78 is 19.9. The highest BCUT2D eigenvalue weighted by Gasteiger charge is 2.52. The number of nitrogens with zero attached hydrogens (tertiary/aromatic N) is 8. The zero-order valence-electron chi connectivity index (χ0n) is 23.8. The Hall–Kier alpha value is -3.97. The first-order chi connectivity index (χ1) is 21.5. The molecule has 0 bridgehead atoms. The van der Waals surface area contributed by atoms with E-state index in [1.807, 2.05) is 25.1 Å². The van der Waals surface area contributed by atoms with Crippen molar-refractivity contribution in [3.63, 3.8) is 0 Å². The van der Waals surface area contributed by atoms with Crippen LogP contribution in [0.1, 0.15) is 56.3 Å². The Labute approximate surface area is 265 Å². The van der Waals surface area contributed by atoms with E-state index in [4.69, 9.17) is 29.9 Å². The number of ether oxygens (including phenoxy) is 3. The Balaban J connectivity index is 1.38. The standard InChI is InChI=1S/C27H32IN11O5/c1-2-39-36-24(35-37-39)21-20(42-13-40)22(43-14-41)26(44-21)38-12-31-19-23(30-11-15-4-3-5-16(28)10-15)33-27(34-25(19)38)32-18-8-6-17(29)7-9-18/h3-5,10,12-14,17-18,20-22,26H,2,6-9,11,29H2,1H3,(H2,30,32,33,34)/t17?,18?,20-,21+,22-,26-/m1/s1. The van der Waals surface area contributed by atoms with E-state index >= 15 is 0 Å². The lowest BCUT2D eigenvalue weighted by atomic mass is 9.92. The molecule has 0 radical (unpaired) electrons. The molecule has 0 spiro atoms. The fraction of sp³-hybridized carbons (Fsp3) is 0.481. The maximum absolute atomic E-state index is 11.6. The first-order valence-electron chi connectivity index (χ1n) is 14.3. The van der Waals surface area contributed by atoms with Gasteiger partial charge >= 0.3 is 0 Å². The van der Waals surface area contributed by atoms with Gasteiger partial charge in [-0.1, -0.05) is 12.1 Å². The first kappa shape index (κ1) is 30.1. The molecule has 1 saturated heterocycles. The van der Waals surface area contributed by atoms with Crippen LogP contribution in [0.2, 0.25) is 0 Å². The molecule has 232 valence electrons. The van der Waals surface area contributed by atoms with Gasteiger partial charge < -0.3 is 30.6 Å². The summed E-state index contributed by atoms with van der Waals surface area (Å²) in [5.74, 6) is 1.09. The van der Waals surface area contributed by atoms with Crippen LogP contribution in [-0.2, 0) is 36.9 Å². The third-order valence-electron chi connectivity index (χ3n) is 7.77. The molecule has 2 aliphatic rings. The summed E-state index contributed by atoms with van der Waals surface area (Å²) in [4.78, 5) is 38.8. The predicted octanol–water partition coefficient (Wildman–Crippen LogP) is 2.08. The van der Waals surface area contributed by atoms with Gasteiger partial charge in [-0.3, -0.25) is 14.2 Å². The lowest BCUT2D eigenvalue weighted by Gasteiger charge is -2.27. The summed E-state index contributed by atoms with van der Waals surface area (Å²) >= 11 is 2.28. The molecule has 1 aliphatic heterocycles. The van der Waals surface area contributed by atoms with Crippen LogP contribution >= 0.6 is 22.6 Å². The van der Waals surface area contributed by atoms with E-state index in [-0.39, 0.29) is 30.9 Å². The summed E-state index contributed by atoms with van der Waals surface area (Å²) in [6, 6.07) is 8.48. The van der Waals surface area contributed by atoms with E-state index in [9.17, 15) is 9.59 Å². The van der Waals surface area contributed by atoms with E-state index in [1.54, 1.807) is 4.57 Å². The number of fused-ring (bicyclic) bond motifs is 1. The molecule has 1 aromatic carbocycles. The molecule has 4 aromatic rings. The van der Waals surface area contributed by atoms with Crippen molar-refractivity contribution in [3.8, 4) is 0 Å². The average Bonchev–Trinajstić information content (AvgIpc) is 3.75. The van der Waals surface area contributed by atoms with Gasteiger partial charge in [0.1, 0.15) is 0 Å². The topological polar surface area (TPSA) is 199 Å². The molecule has 4 N–H and O–H groups in total. The van der Waals surface area contributed by atoms with Crippen molar-refractivity contribution in [1.82, 2.24) is 39.7 Å². The smallest absolute Gasteiger partial charge is 0.293 e. The minimum atomic E-state index is -1.07. The SMILES string of the molecule is CCn1nnc([C@H]2O[C@@H](n3cnc4c(NCc5cccc(I)c5)nc(NC5CCC(N)CC5)nc43)[C@H](OC=O)[C@@H]2OC=O)n1. The molecule has 4 heterocycles. The van der Waals surface area contributed by atoms with Gasteiger partial charge in [-0.2, -0.15) is 14.8 Å². The summed E-state index contributed by atoms with van der Waals surface area (Å²) in [5.41, 5.74) is 8.09. The van der Waals surface area contributed by atoms with Crippen LogP contribution in [0.5, 0.6) is 0 Å². The first-order valence-corrected chi connectivity index (χ1v) is 15.4. The van der Waals surface area contributed by atoms with E-state index in [0.29, 0.717) is 36.0 Å². The molecule has 0 amide bonds. The van der Waals surface area contributed by atoms with Gasteiger partial charge in [0.15, 0.2) is 41.5 Å². The van der Waals surface area contributed by atoms with Crippen LogP contribution in [0.4, 0.5) is 11.8 Å². The van der Waals surface area contributed by atoms with Crippen LogP contribution in [0, 0.1) is 3.57 Å². The number of aromatic nitrogens is 8. The number of hydrogen-bond acceptors (Lipinski definition) is 14. The largest absolute Gasteiger partial charge is 0.457 e. The summed E-state index contributed by atoms with van der Waals surface area (Å²) in [7, 11) is 0. The van der Waals surface area contributed by atoms with Gasteiger partial charge in [-0.05, 0) is 78.1 Å². The second kappa shape index (κ2) is 13.3. The monoisotopic (exact) mass is 717 g/mol. The highest BCUT2D eigenvalue weighted by atomic mass is 127. The van der Waals surface area contributed by atoms with Crippen molar-refractivity contribution in [2.75, 3.05) is 10.6 Å². The molecule has 0 unspecified atom stereocenters. The number of nitrogens with one attached hydrogen (secondary N) is 2. The van der Waals surface area contributed by atoms with Gasteiger partial charge in [0.2, 0.25) is 11.8 Å². The van der Waals surface area contributed by atoms with Crippen molar-refractivity contribution in [1.29, 1.82) is 0 Å². The second-order valence-electron chi connectivity index (χ2n) is 10.6. The Morgan fingerprint density at radius 3 is 2.66 bits per heavy atom. The van der Waals surface area contributed by atoms with Gasteiger partial charge in [0.05, 0.1) is 12.9 Å². The molecule has 1 aliphatic carbocycles. The number of benzene rings is 1. The van der Waals surface area contributed by atoms with Gasteiger partial charge in [0.25, 0.3) is 12.9 Å². The van der Waals surface area contributed by atoms with Crippen LogP contribution in [0.15, 0.2) is 30.6 Å². The van der Waals surface area contributed by atoms with Crippen molar-refractivity contribution < 1.29 is 23.8 Å². The summed E-state index contributed by atoms with van der Waals surface area (Å²) in [5, 5.41) is 19.3. The minimum absolute atomic E-state index is 0.156. The Morgan fingerprint density at radius 1 is 1.14 bits per heavy atom. The van der Waals surface area contributed by atoms with Gasteiger partial charge in [0, 0.05) is 22.2 Å². The molecular formula is C27H32IN11O5. The van der Waals surface area contributed by atoms with Crippen LogP contribution in [0.3, 0.4) is 0 Å². The zero-order valence-corrected chi connectivity index (χ0v) is 26.0. The number of hydrogen-bond donors (Lipinski definition) is 3. The number of tetrazole rings is 1. The fourth-order valence-electron chi connectivity index (χ4n) is 5.57. The number of imidazole rings is 1. The van der Waals surface area contributed by atoms with Crippen molar-refractivity contribution in [3.05, 3.63) is 45.6 Å². The highest BCUT2D eigenvalue weighted by molar-refractivity contribution is 14.1. The van der Waals surface area contributed by atoms with Gasteiger partial charge in [-0.25, -0.2) is 4.98 Å². The van der Waals surface area contributed by atoms with Crippen LogP contribution < -0.4 is 16.4 Å². The Bertz CT molecular complexity index is 1610. The molecular weight excluding hydrogens is 685 g/mol. The molecule has 16 nitrogen and oxygen atoms in total. The molecule has 6 rings (SSSR count). The third kappa shape index (κ3) is 6.29. The maximum Gasteiger partial charge on any atom is 0.293 e. The van der Waals surface area contributed by atoms with E-state index < -0.39 is 24.5 Å². The number of carbonyl (C=O) groups excluding carboxylic acids is 2. The number of anilines is 2. The Kier molecular flexibility index (Phi) is 9.12. The van der Waals surface area contributed by atoms with Crippen LogP contribution in [0.25, 0.3) is 11.2 Å². The molecule has 44 heavy (non-hydrogen) atoms. The summed E-state index contributed by atoms with van der Waals surface area (Å²) in [6.45, 7) is 3.38. The minimum Gasteiger partial charge on any atom is -0.457 e. The predicted molar refractivity (Wildman–Crippen MR) is 164 cm³/mol. The lowest BCUT2D eigenvalue weighted by Crippen LogP contribution is -2.34. The van der Waals surface area contributed by atoms with E-state index in [1.165, 1.54) is 11.1 Å². The quantitative estimate of drug-likeness (QED) is 0.142. The maximum atomic E-state index is 11.6. The Morgan fingerprint density at radius 2 is 1.93 bits per heavy atom. The number of aryl methyl sites for hydroxylation is 1. The van der Waals surface area contributed by atoms with Crippen molar-refractivity contribution in [2.24, 2.45) is 5.73 Å². The van der Waals surface area contributed by atoms with Crippen molar-refractivity contribution >= 4 is 58.5 Å². The van der Waals surface area contributed by atoms with E-state index in [0.717, 1.165) is 34.8 Å². The molecule has 17 heteroatoms. The van der Waals surface area contributed by atoms with Crippen LogP contribution in [-0.4, -0.2) is 77.0 Å². The third-order valence-corrected chi connectivity index (χ3v) is 8.44. The number of halogens is 1. The lowest BCUT2D eigenvalue weighted by molar-refractivity contribution is -0.151. The molecule has 4 atom stereocenters.